The van der Waals surface area contributed by atoms with E-state index in [1.165, 1.54) is 0 Å². The molecule has 1 rings (SSSR count). The van der Waals surface area contributed by atoms with Crippen molar-refractivity contribution >= 4 is 5.91 Å². The van der Waals surface area contributed by atoms with Crippen molar-refractivity contribution in [1.82, 2.24) is 15.5 Å². The monoisotopic (exact) mass is 255 g/mol. The first-order valence-electron chi connectivity index (χ1n) is 6.13. The molecule has 0 spiro atoms. The lowest BCUT2D eigenvalue weighted by Gasteiger charge is -2.11. The van der Waals surface area contributed by atoms with Gasteiger partial charge < -0.3 is 14.6 Å². The SMILES string of the molecule is COCC(C)NC(=O)CCc1nc(C(C)C)no1. The molecule has 0 aliphatic carbocycles. The van der Waals surface area contributed by atoms with Crippen LogP contribution in [-0.2, 0) is 16.0 Å². The molecule has 0 bridgehead atoms. The van der Waals surface area contributed by atoms with Gasteiger partial charge in [-0.05, 0) is 6.92 Å². The fraction of sp³-hybridized carbons (Fsp3) is 0.750. The minimum atomic E-state index is -0.0381. The van der Waals surface area contributed by atoms with Gasteiger partial charge in [0.05, 0.1) is 6.61 Å². The molecular formula is C12H21N3O3. The van der Waals surface area contributed by atoms with Gasteiger partial charge in [0.2, 0.25) is 11.8 Å². The Morgan fingerprint density at radius 3 is 2.72 bits per heavy atom. The summed E-state index contributed by atoms with van der Waals surface area (Å²) >= 11 is 0. The molecule has 1 aromatic heterocycles. The Hall–Kier alpha value is -1.43. The smallest absolute Gasteiger partial charge is 0.227 e. The number of aromatic nitrogens is 2. The highest BCUT2D eigenvalue weighted by molar-refractivity contribution is 5.76. The molecule has 1 aromatic rings. The van der Waals surface area contributed by atoms with Crippen molar-refractivity contribution in [2.45, 2.75) is 45.6 Å². The normalized spacial score (nSPS) is 12.7. The van der Waals surface area contributed by atoms with Crippen LogP contribution in [0.5, 0.6) is 0 Å². The van der Waals surface area contributed by atoms with Crippen molar-refractivity contribution in [1.29, 1.82) is 0 Å². The molecule has 1 atom stereocenters. The van der Waals surface area contributed by atoms with E-state index in [9.17, 15) is 4.79 Å². The number of carbonyl (C=O) groups excluding carboxylic acids is 1. The molecule has 6 nitrogen and oxygen atoms in total. The average molecular weight is 255 g/mol. The summed E-state index contributed by atoms with van der Waals surface area (Å²) in [7, 11) is 1.61. The summed E-state index contributed by atoms with van der Waals surface area (Å²) in [6.07, 6.45) is 0.805. The summed E-state index contributed by atoms with van der Waals surface area (Å²) in [5, 5.41) is 6.67. The van der Waals surface area contributed by atoms with Crippen LogP contribution in [-0.4, -0.2) is 35.8 Å². The molecule has 1 heterocycles. The molecule has 6 heteroatoms. The van der Waals surface area contributed by atoms with Crippen molar-refractivity contribution in [3.63, 3.8) is 0 Å². The van der Waals surface area contributed by atoms with Crippen molar-refractivity contribution in [3.8, 4) is 0 Å². The number of hydrogen-bond acceptors (Lipinski definition) is 5. The number of rotatable bonds is 7. The molecule has 18 heavy (non-hydrogen) atoms. The Morgan fingerprint density at radius 1 is 1.44 bits per heavy atom. The van der Waals surface area contributed by atoms with Crippen molar-refractivity contribution < 1.29 is 14.1 Å². The summed E-state index contributed by atoms with van der Waals surface area (Å²) in [5.74, 6) is 1.38. The van der Waals surface area contributed by atoms with Gasteiger partial charge in [-0.2, -0.15) is 4.98 Å². The third-order valence-corrected chi connectivity index (χ3v) is 2.39. The zero-order valence-corrected chi connectivity index (χ0v) is 11.4. The Kier molecular flexibility index (Phi) is 5.77. The van der Waals surface area contributed by atoms with Crippen LogP contribution in [0.25, 0.3) is 0 Å². The summed E-state index contributed by atoms with van der Waals surface area (Å²) in [4.78, 5) is 15.8. The van der Waals surface area contributed by atoms with Gasteiger partial charge in [-0.1, -0.05) is 19.0 Å². The summed E-state index contributed by atoms with van der Waals surface area (Å²) in [6.45, 7) is 6.39. The lowest BCUT2D eigenvalue weighted by molar-refractivity contribution is -0.122. The van der Waals surface area contributed by atoms with Crippen molar-refractivity contribution in [2.75, 3.05) is 13.7 Å². The summed E-state index contributed by atoms with van der Waals surface area (Å²) < 4.78 is 10.0. The fourth-order valence-corrected chi connectivity index (χ4v) is 1.46. The van der Waals surface area contributed by atoms with E-state index in [1.54, 1.807) is 7.11 Å². The third-order valence-electron chi connectivity index (χ3n) is 2.39. The number of amides is 1. The molecule has 0 aliphatic heterocycles. The van der Waals surface area contributed by atoms with Crippen molar-refractivity contribution in [2.24, 2.45) is 0 Å². The van der Waals surface area contributed by atoms with Crippen LogP contribution in [0, 0.1) is 0 Å². The summed E-state index contributed by atoms with van der Waals surface area (Å²) in [6, 6.07) is 0.0106. The molecule has 0 saturated carbocycles. The molecular weight excluding hydrogens is 234 g/mol. The first kappa shape index (κ1) is 14.6. The van der Waals surface area contributed by atoms with E-state index in [2.05, 4.69) is 15.5 Å². The van der Waals surface area contributed by atoms with Gasteiger partial charge in [-0.25, -0.2) is 0 Å². The standard InChI is InChI=1S/C12H21N3O3/c1-8(2)12-14-11(18-15-12)6-5-10(16)13-9(3)7-17-4/h8-9H,5-7H2,1-4H3,(H,13,16). The Bertz CT molecular complexity index is 376. The van der Waals surface area contributed by atoms with Crippen LogP contribution in [0.15, 0.2) is 4.52 Å². The second-order valence-electron chi connectivity index (χ2n) is 4.62. The molecule has 0 saturated heterocycles. The van der Waals surface area contributed by atoms with Gasteiger partial charge in [-0.15, -0.1) is 0 Å². The molecule has 1 unspecified atom stereocenters. The van der Waals surface area contributed by atoms with Gasteiger partial charge in [-0.3, -0.25) is 4.79 Å². The number of nitrogens with one attached hydrogen (secondary N) is 1. The second kappa shape index (κ2) is 7.10. The first-order valence-corrected chi connectivity index (χ1v) is 6.13. The molecule has 0 radical (unpaired) electrons. The minimum Gasteiger partial charge on any atom is -0.383 e. The summed E-state index contributed by atoms with van der Waals surface area (Å²) in [5.41, 5.74) is 0. The van der Waals surface area contributed by atoms with Crippen LogP contribution >= 0.6 is 0 Å². The highest BCUT2D eigenvalue weighted by atomic mass is 16.5. The van der Waals surface area contributed by atoms with Gasteiger partial charge >= 0.3 is 0 Å². The lowest BCUT2D eigenvalue weighted by Crippen LogP contribution is -2.35. The number of ether oxygens (including phenoxy) is 1. The van der Waals surface area contributed by atoms with E-state index >= 15 is 0 Å². The van der Waals surface area contributed by atoms with E-state index in [-0.39, 0.29) is 17.9 Å². The Balaban J connectivity index is 2.33. The largest absolute Gasteiger partial charge is 0.383 e. The predicted molar refractivity (Wildman–Crippen MR) is 66.2 cm³/mol. The van der Waals surface area contributed by atoms with E-state index in [0.717, 1.165) is 0 Å². The topological polar surface area (TPSA) is 77.2 Å². The van der Waals surface area contributed by atoms with Gasteiger partial charge in [0.1, 0.15) is 0 Å². The zero-order valence-electron chi connectivity index (χ0n) is 11.4. The average Bonchev–Trinajstić information content (AvgIpc) is 2.75. The van der Waals surface area contributed by atoms with E-state index < -0.39 is 0 Å². The van der Waals surface area contributed by atoms with Crippen LogP contribution < -0.4 is 5.32 Å². The quantitative estimate of drug-likeness (QED) is 0.794. The molecule has 102 valence electrons. The molecule has 0 aliphatic rings. The number of aryl methyl sites for hydroxylation is 1. The van der Waals surface area contributed by atoms with Crippen molar-refractivity contribution in [3.05, 3.63) is 11.7 Å². The maximum absolute atomic E-state index is 11.6. The number of nitrogens with zero attached hydrogens (tertiary/aromatic N) is 2. The van der Waals surface area contributed by atoms with Crippen LogP contribution in [0.2, 0.25) is 0 Å². The van der Waals surface area contributed by atoms with Gasteiger partial charge in [0.25, 0.3) is 0 Å². The van der Waals surface area contributed by atoms with Crippen LogP contribution in [0.3, 0.4) is 0 Å². The maximum atomic E-state index is 11.6. The number of carbonyl (C=O) groups is 1. The fourth-order valence-electron chi connectivity index (χ4n) is 1.46. The van der Waals surface area contributed by atoms with Crippen LogP contribution in [0.1, 0.15) is 44.8 Å². The third kappa shape index (κ3) is 4.83. The van der Waals surface area contributed by atoms with E-state index in [0.29, 0.717) is 31.2 Å². The van der Waals surface area contributed by atoms with Gasteiger partial charge in [0, 0.05) is 31.9 Å². The molecule has 1 N–H and O–H groups in total. The highest BCUT2D eigenvalue weighted by Crippen LogP contribution is 2.10. The number of hydrogen-bond donors (Lipinski definition) is 1. The Labute approximate surface area is 107 Å². The maximum Gasteiger partial charge on any atom is 0.227 e. The van der Waals surface area contributed by atoms with E-state index in [4.69, 9.17) is 9.26 Å². The Morgan fingerprint density at radius 2 is 2.17 bits per heavy atom. The molecule has 1 amide bonds. The first-order chi connectivity index (χ1) is 8.52. The predicted octanol–water partition coefficient (Wildman–Crippen LogP) is 1.28. The molecule has 0 aromatic carbocycles. The highest BCUT2D eigenvalue weighted by Gasteiger charge is 2.12. The number of methoxy groups -OCH3 is 1. The van der Waals surface area contributed by atoms with Crippen LogP contribution in [0.4, 0.5) is 0 Å². The second-order valence-corrected chi connectivity index (χ2v) is 4.62. The minimum absolute atomic E-state index is 0.0106. The lowest BCUT2D eigenvalue weighted by atomic mass is 10.2. The molecule has 0 fully saturated rings. The van der Waals surface area contributed by atoms with E-state index in [1.807, 2.05) is 20.8 Å². The van der Waals surface area contributed by atoms with Gasteiger partial charge in [0.15, 0.2) is 5.82 Å². The zero-order chi connectivity index (χ0) is 13.5.